The average molecular weight is 267 g/mol. The molecule has 4 nitrogen and oxygen atoms in total. The van der Waals surface area contributed by atoms with Gasteiger partial charge in [0.15, 0.2) is 0 Å². The van der Waals surface area contributed by atoms with Crippen molar-refractivity contribution in [1.82, 2.24) is 4.90 Å². The van der Waals surface area contributed by atoms with Crippen molar-refractivity contribution in [3.63, 3.8) is 0 Å². The summed E-state index contributed by atoms with van der Waals surface area (Å²) in [4.78, 5) is 12.4. The fraction of sp³-hybridized carbons (Fsp3) is 0.923. The zero-order chi connectivity index (χ0) is 12.9. The molecule has 18 heavy (non-hydrogen) atoms. The number of aliphatic hydroxyl groups excluding tert-OH is 1. The van der Waals surface area contributed by atoms with Crippen LogP contribution in [0.15, 0.2) is 0 Å². The van der Waals surface area contributed by atoms with Gasteiger partial charge in [-0.25, -0.2) is 0 Å². The van der Waals surface area contributed by atoms with Gasteiger partial charge >= 0.3 is 29.6 Å². The molecule has 0 saturated carbocycles. The molecular weight excluding hydrogens is 241 g/mol. The van der Waals surface area contributed by atoms with Gasteiger partial charge in [0.05, 0.1) is 6.61 Å². The van der Waals surface area contributed by atoms with E-state index in [0.717, 1.165) is 13.0 Å². The summed E-state index contributed by atoms with van der Waals surface area (Å²) in [7, 11) is 0. The van der Waals surface area contributed by atoms with Gasteiger partial charge in [-0.3, -0.25) is 0 Å². The molecule has 0 aliphatic heterocycles. The van der Waals surface area contributed by atoms with Crippen LogP contribution in [-0.4, -0.2) is 42.2 Å². The van der Waals surface area contributed by atoms with Gasteiger partial charge in [0.2, 0.25) is 0 Å². The standard InChI is InChI=1S/C13H27NO3.Na/c1-2-3-4-5-6-7-9-14(11-12-15)10-8-13(16)17;/h15H,2-12H2,1H3,(H,16,17);/q;+1/p-1. The van der Waals surface area contributed by atoms with E-state index in [1.165, 1.54) is 32.1 Å². The molecule has 1 N–H and O–H groups in total. The third kappa shape index (κ3) is 14.5. The van der Waals surface area contributed by atoms with Crippen LogP contribution in [0.2, 0.25) is 0 Å². The first-order valence-corrected chi connectivity index (χ1v) is 6.73. The number of carboxylic acids is 1. The van der Waals surface area contributed by atoms with Crippen molar-refractivity contribution in [2.45, 2.75) is 51.9 Å². The van der Waals surface area contributed by atoms with Crippen LogP contribution in [0.25, 0.3) is 0 Å². The van der Waals surface area contributed by atoms with E-state index < -0.39 is 5.97 Å². The van der Waals surface area contributed by atoms with Crippen molar-refractivity contribution in [2.24, 2.45) is 0 Å². The van der Waals surface area contributed by atoms with Crippen LogP contribution in [0.1, 0.15) is 51.9 Å². The Morgan fingerprint density at radius 1 is 1.06 bits per heavy atom. The number of nitrogens with zero attached hydrogens (tertiary/aromatic N) is 1. The van der Waals surface area contributed by atoms with E-state index in [-0.39, 0.29) is 42.6 Å². The van der Waals surface area contributed by atoms with Crippen molar-refractivity contribution in [3.8, 4) is 0 Å². The summed E-state index contributed by atoms with van der Waals surface area (Å²) >= 11 is 0. The fourth-order valence-electron chi connectivity index (χ4n) is 1.84. The van der Waals surface area contributed by atoms with Crippen LogP contribution < -0.4 is 34.7 Å². The second-order valence-corrected chi connectivity index (χ2v) is 4.46. The number of aliphatic carboxylic acids is 1. The Morgan fingerprint density at radius 3 is 2.22 bits per heavy atom. The van der Waals surface area contributed by atoms with Gasteiger partial charge in [-0.05, 0) is 19.4 Å². The van der Waals surface area contributed by atoms with Gasteiger partial charge in [0.25, 0.3) is 0 Å². The molecule has 0 aromatic carbocycles. The third-order valence-corrected chi connectivity index (χ3v) is 2.88. The van der Waals surface area contributed by atoms with Crippen LogP contribution in [0.3, 0.4) is 0 Å². The molecule has 0 fully saturated rings. The number of carbonyl (C=O) groups is 1. The molecule has 0 heterocycles. The molecule has 0 aliphatic rings. The van der Waals surface area contributed by atoms with Crippen molar-refractivity contribution in [2.75, 3.05) is 26.2 Å². The largest absolute Gasteiger partial charge is 1.00 e. The van der Waals surface area contributed by atoms with E-state index in [1.807, 2.05) is 4.90 Å². The molecule has 0 radical (unpaired) electrons. The molecule has 5 heteroatoms. The van der Waals surface area contributed by atoms with Gasteiger partial charge in [0.1, 0.15) is 0 Å². The van der Waals surface area contributed by atoms with Crippen molar-refractivity contribution >= 4 is 5.97 Å². The van der Waals surface area contributed by atoms with Gasteiger partial charge in [-0.1, -0.05) is 39.0 Å². The Balaban J connectivity index is 0. The maximum Gasteiger partial charge on any atom is 1.00 e. The van der Waals surface area contributed by atoms with E-state index in [9.17, 15) is 9.90 Å². The monoisotopic (exact) mass is 267 g/mol. The number of carboxylic acid groups (broad SMARTS) is 1. The van der Waals surface area contributed by atoms with Crippen molar-refractivity contribution in [1.29, 1.82) is 0 Å². The Bertz CT molecular complexity index is 191. The molecule has 0 atom stereocenters. The summed E-state index contributed by atoms with van der Waals surface area (Å²) in [6, 6.07) is 0. The zero-order valence-electron chi connectivity index (χ0n) is 12.0. The number of rotatable bonds is 12. The number of hydrogen-bond acceptors (Lipinski definition) is 4. The van der Waals surface area contributed by atoms with Gasteiger partial charge in [0, 0.05) is 19.1 Å². The number of aliphatic hydroxyl groups is 1. The number of carbonyl (C=O) groups excluding carboxylic acids is 1. The molecule has 0 saturated heterocycles. The summed E-state index contributed by atoms with van der Waals surface area (Å²) in [5.74, 6) is -1.02. The predicted octanol–water partition coefficient (Wildman–Crippen LogP) is -2.21. The molecule has 0 spiro atoms. The van der Waals surface area contributed by atoms with Crippen LogP contribution in [0.4, 0.5) is 0 Å². The smallest absolute Gasteiger partial charge is 0.550 e. The fourth-order valence-corrected chi connectivity index (χ4v) is 1.84. The van der Waals surface area contributed by atoms with Gasteiger partial charge in [-0.15, -0.1) is 0 Å². The molecule has 0 rings (SSSR count). The number of hydrogen-bond donors (Lipinski definition) is 1. The topological polar surface area (TPSA) is 63.6 Å². The van der Waals surface area contributed by atoms with E-state index in [2.05, 4.69) is 6.92 Å². The molecule has 0 aromatic heterocycles. The van der Waals surface area contributed by atoms with Gasteiger partial charge < -0.3 is 19.9 Å². The maximum absolute atomic E-state index is 10.4. The van der Waals surface area contributed by atoms with E-state index in [4.69, 9.17) is 5.11 Å². The maximum atomic E-state index is 10.4. The summed E-state index contributed by atoms with van der Waals surface area (Å²) in [6.07, 6.45) is 7.41. The minimum absolute atomic E-state index is 0. The van der Waals surface area contributed by atoms with Crippen molar-refractivity contribution in [3.05, 3.63) is 0 Å². The van der Waals surface area contributed by atoms with Crippen LogP contribution in [0, 0.1) is 0 Å². The van der Waals surface area contributed by atoms with Crippen LogP contribution in [-0.2, 0) is 4.79 Å². The quantitative estimate of drug-likeness (QED) is 0.321. The second kappa shape index (κ2) is 15.4. The third-order valence-electron chi connectivity index (χ3n) is 2.88. The molecule has 0 amide bonds. The Morgan fingerprint density at radius 2 is 1.67 bits per heavy atom. The predicted molar refractivity (Wildman–Crippen MR) is 66.5 cm³/mol. The molecular formula is C13H26NNaO3. The Labute approximate surface area is 133 Å². The second-order valence-electron chi connectivity index (χ2n) is 4.46. The molecule has 0 aromatic rings. The Hall–Kier alpha value is 0.390. The SMILES string of the molecule is CCCCCCCCN(CCO)CCC(=O)[O-].[Na+]. The first kappa shape index (κ1) is 20.7. The zero-order valence-corrected chi connectivity index (χ0v) is 14.0. The molecule has 0 aliphatic carbocycles. The molecule has 0 unspecified atom stereocenters. The Kier molecular flexibility index (Phi) is 17.8. The van der Waals surface area contributed by atoms with Crippen LogP contribution in [0.5, 0.6) is 0 Å². The van der Waals surface area contributed by atoms with E-state index in [1.54, 1.807) is 0 Å². The van der Waals surface area contributed by atoms with E-state index in [0.29, 0.717) is 13.1 Å². The van der Waals surface area contributed by atoms with Crippen molar-refractivity contribution < 1.29 is 44.6 Å². The minimum atomic E-state index is -1.02. The first-order chi connectivity index (χ1) is 8.20. The summed E-state index contributed by atoms with van der Waals surface area (Å²) in [6.45, 7) is 4.20. The summed E-state index contributed by atoms with van der Waals surface area (Å²) in [5.41, 5.74) is 0. The minimum Gasteiger partial charge on any atom is -0.550 e. The van der Waals surface area contributed by atoms with Crippen LogP contribution >= 0.6 is 0 Å². The molecule has 102 valence electrons. The summed E-state index contributed by atoms with van der Waals surface area (Å²) in [5, 5.41) is 19.2. The first-order valence-electron chi connectivity index (χ1n) is 6.73. The summed E-state index contributed by atoms with van der Waals surface area (Å²) < 4.78 is 0. The number of unbranched alkanes of at least 4 members (excludes halogenated alkanes) is 5. The average Bonchev–Trinajstić information content (AvgIpc) is 2.30. The van der Waals surface area contributed by atoms with Gasteiger partial charge in [-0.2, -0.15) is 0 Å². The normalized spacial score (nSPS) is 10.4. The van der Waals surface area contributed by atoms with E-state index >= 15 is 0 Å². The molecule has 0 bridgehead atoms.